The molecule has 1 amide bonds. The van der Waals surface area contributed by atoms with Crippen molar-refractivity contribution in [2.45, 2.75) is 50.2 Å². The summed E-state index contributed by atoms with van der Waals surface area (Å²) in [6.45, 7) is 0.348. The highest BCUT2D eigenvalue weighted by Gasteiger charge is 2.47. The second-order valence-corrected chi connectivity index (χ2v) is 7.85. The Bertz CT molecular complexity index is 824. The van der Waals surface area contributed by atoms with Gasteiger partial charge in [0.2, 0.25) is 0 Å². The highest BCUT2D eigenvalue weighted by molar-refractivity contribution is 6.34. The molecule has 3 atom stereocenters. The van der Waals surface area contributed by atoms with Crippen LogP contribution in [0.15, 0.2) is 18.2 Å². The smallest absolute Gasteiger partial charge is 0.253 e. The maximum Gasteiger partial charge on any atom is 0.253 e. The van der Waals surface area contributed by atoms with Crippen LogP contribution in [0.5, 0.6) is 5.75 Å². The van der Waals surface area contributed by atoms with Crippen molar-refractivity contribution in [3.8, 4) is 18.0 Å². The lowest BCUT2D eigenvalue weighted by Crippen LogP contribution is -2.43. The SMILES string of the molecule is N#CN1[C@H]2CC[C@@H]1[C@H](NC(=O)c1ccc(OCC3(C#N)CC3)cc1Cl)C2. The van der Waals surface area contributed by atoms with Crippen LogP contribution in [0.1, 0.15) is 42.5 Å². The fourth-order valence-electron chi connectivity index (χ4n) is 3.98. The van der Waals surface area contributed by atoms with Crippen molar-refractivity contribution in [3.63, 3.8) is 0 Å². The minimum absolute atomic E-state index is 0.0155. The summed E-state index contributed by atoms with van der Waals surface area (Å²) in [4.78, 5) is 14.4. The predicted molar refractivity (Wildman–Crippen MR) is 94.4 cm³/mol. The summed E-state index contributed by atoms with van der Waals surface area (Å²) in [5, 5.41) is 21.7. The van der Waals surface area contributed by atoms with Gasteiger partial charge in [-0.15, -0.1) is 0 Å². The quantitative estimate of drug-likeness (QED) is 0.805. The number of nitrogens with zero attached hydrogens (tertiary/aromatic N) is 3. The Morgan fingerprint density at radius 2 is 2.19 bits per heavy atom. The molecule has 0 unspecified atom stereocenters. The molecule has 2 saturated heterocycles. The van der Waals surface area contributed by atoms with E-state index in [1.54, 1.807) is 18.2 Å². The molecular weight excluding hydrogens is 352 g/mol. The summed E-state index contributed by atoms with van der Waals surface area (Å²) < 4.78 is 5.66. The lowest BCUT2D eigenvalue weighted by molar-refractivity contribution is 0.0928. The van der Waals surface area contributed by atoms with Gasteiger partial charge in [0.05, 0.1) is 34.2 Å². The molecule has 0 spiro atoms. The van der Waals surface area contributed by atoms with Gasteiger partial charge in [-0.2, -0.15) is 10.5 Å². The van der Waals surface area contributed by atoms with Crippen molar-refractivity contribution in [1.29, 1.82) is 10.5 Å². The van der Waals surface area contributed by atoms with Gasteiger partial charge in [0, 0.05) is 6.04 Å². The van der Waals surface area contributed by atoms with Crippen LogP contribution in [-0.2, 0) is 0 Å². The van der Waals surface area contributed by atoms with E-state index in [1.165, 1.54) is 0 Å². The average molecular weight is 371 g/mol. The molecule has 4 rings (SSSR count). The van der Waals surface area contributed by atoms with Gasteiger partial charge in [-0.1, -0.05) is 11.6 Å². The van der Waals surface area contributed by atoms with Crippen LogP contribution < -0.4 is 10.1 Å². The molecule has 2 bridgehead atoms. The average Bonchev–Trinajstić information content (AvgIpc) is 3.22. The molecule has 1 N–H and O–H groups in total. The van der Waals surface area contributed by atoms with Gasteiger partial charge < -0.3 is 15.0 Å². The van der Waals surface area contributed by atoms with E-state index in [0.29, 0.717) is 22.9 Å². The van der Waals surface area contributed by atoms with Crippen molar-refractivity contribution in [3.05, 3.63) is 28.8 Å². The molecule has 1 aromatic carbocycles. The van der Waals surface area contributed by atoms with E-state index < -0.39 is 0 Å². The maximum atomic E-state index is 12.6. The molecule has 2 heterocycles. The summed E-state index contributed by atoms with van der Waals surface area (Å²) in [5.74, 6) is 0.330. The third kappa shape index (κ3) is 2.95. The Balaban J connectivity index is 1.39. The predicted octanol–water partition coefficient (Wildman–Crippen LogP) is 2.84. The zero-order valence-corrected chi connectivity index (χ0v) is 15.0. The molecule has 0 radical (unpaired) electrons. The van der Waals surface area contributed by atoms with Crippen molar-refractivity contribution in [1.82, 2.24) is 10.2 Å². The lowest BCUT2D eigenvalue weighted by atomic mass is 9.95. The molecule has 1 aliphatic carbocycles. The van der Waals surface area contributed by atoms with Gasteiger partial charge in [0.15, 0.2) is 6.19 Å². The van der Waals surface area contributed by atoms with Gasteiger partial charge in [0.1, 0.15) is 12.4 Å². The molecule has 6 nitrogen and oxygen atoms in total. The normalized spacial score (nSPS) is 27.5. The van der Waals surface area contributed by atoms with Gasteiger partial charge in [-0.05, 0) is 50.3 Å². The lowest BCUT2D eigenvalue weighted by Gasteiger charge is -2.22. The van der Waals surface area contributed by atoms with E-state index in [1.807, 2.05) is 4.90 Å². The first-order valence-electron chi connectivity index (χ1n) is 8.88. The molecule has 2 aliphatic heterocycles. The standard InChI is InChI=1S/C19H19ClN4O2/c20-15-8-13(26-10-19(9-21)5-6-19)2-3-14(15)18(25)23-16-7-12-1-4-17(16)24(12)11-22/h2-3,8,12,16-17H,1,4-7,10H2,(H,23,25)/t12-,16+,17+/m0/s1. The summed E-state index contributed by atoms with van der Waals surface area (Å²) in [5.41, 5.74) is 0.0448. The Kier molecular flexibility index (Phi) is 4.17. The van der Waals surface area contributed by atoms with Crippen molar-refractivity contribution in [2.75, 3.05) is 6.61 Å². The molecule has 3 fully saturated rings. The van der Waals surface area contributed by atoms with Gasteiger partial charge in [-0.25, -0.2) is 0 Å². The molecule has 1 aromatic rings. The second kappa shape index (κ2) is 6.37. The Morgan fingerprint density at radius 3 is 2.81 bits per heavy atom. The first-order valence-corrected chi connectivity index (χ1v) is 9.25. The second-order valence-electron chi connectivity index (χ2n) is 7.44. The van der Waals surface area contributed by atoms with Crippen LogP contribution in [0.3, 0.4) is 0 Å². The van der Waals surface area contributed by atoms with E-state index in [0.717, 1.165) is 32.1 Å². The van der Waals surface area contributed by atoms with E-state index >= 15 is 0 Å². The number of nitriles is 2. The van der Waals surface area contributed by atoms with Crippen LogP contribution in [0.25, 0.3) is 0 Å². The number of hydrogen-bond donors (Lipinski definition) is 1. The summed E-state index contributed by atoms with van der Waals surface area (Å²) >= 11 is 6.28. The van der Waals surface area contributed by atoms with Crippen molar-refractivity contribution in [2.24, 2.45) is 5.41 Å². The van der Waals surface area contributed by atoms with Gasteiger partial charge in [-0.3, -0.25) is 4.79 Å². The number of carbonyl (C=O) groups is 1. The van der Waals surface area contributed by atoms with E-state index in [-0.39, 0.29) is 29.4 Å². The molecule has 7 heteroatoms. The van der Waals surface area contributed by atoms with Gasteiger partial charge in [0.25, 0.3) is 5.91 Å². The Hall–Kier alpha value is -2.44. The highest BCUT2D eigenvalue weighted by atomic mass is 35.5. The summed E-state index contributed by atoms with van der Waals surface area (Å²) in [6.07, 6.45) is 6.72. The van der Waals surface area contributed by atoms with Crippen LogP contribution in [-0.4, -0.2) is 35.5 Å². The van der Waals surface area contributed by atoms with Gasteiger partial charge >= 0.3 is 0 Å². The van der Waals surface area contributed by atoms with E-state index in [4.69, 9.17) is 21.6 Å². The zero-order valence-electron chi connectivity index (χ0n) is 14.2. The van der Waals surface area contributed by atoms with Crippen LogP contribution in [0.2, 0.25) is 5.02 Å². The number of hydrogen-bond acceptors (Lipinski definition) is 5. The molecule has 26 heavy (non-hydrogen) atoms. The minimum Gasteiger partial charge on any atom is -0.492 e. The zero-order chi connectivity index (χ0) is 18.3. The molecule has 134 valence electrons. The number of ether oxygens (including phenoxy) is 1. The maximum absolute atomic E-state index is 12.6. The highest BCUT2D eigenvalue weighted by Crippen LogP contribution is 2.45. The number of rotatable bonds is 5. The first kappa shape index (κ1) is 17.0. The number of halogens is 1. The minimum atomic E-state index is -0.350. The van der Waals surface area contributed by atoms with Crippen LogP contribution in [0.4, 0.5) is 0 Å². The topological polar surface area (TPSA) is 89.2 Å². The molecular formula is C19H19ClN4O2. The number of fused-ring (bicyclic) bond motifs is 2. The van der Waals surface area contributed by atoms with E-state index in [2.05, 4.69) is 17.6 Å². The fraction of sp³-hybridized carbons (Fsp3) is 0.526. The molecule has 0 aromatic heterocycles. The number of carbonyl (C=O) groups excluding carboxylic acids is 1. The molecule has 1 saturated carbocycles. The summed E-state index contributed by atoms with van der Waals surface area (Å²) in [7, 11) is 0. The number of amides is 1. The number of benzene rings is 1. The van der Waals surface area contributed by atoms with Crippen LogP contribution >= 0.6 is 11.6 Å². The Morgan fingerprint density at radius 1 is 1.38 bits per heavy atom. The third-order valence-corrected chi connectivity index (χ3v) is 6.07. The third-order valence-electron chi connectivity index (χ3n) is 5.76. The van der Waals surface area contributed by atoms with Crippen molar-refractivity contribution >= 4 is 17.5 Å². The molecule has 3 aliphatic rings. The number of nitrogens with one attached hydrogen (secondary N) is 1. The van der Waals surface area contributed by atoms with Crippen LogP contribution in [0, 0.1) is 28.2 Å². The summed E-state index contributed by atoms with van der Waals surface area (Å²) in [6, 6.07) is 7.57. The Labute approximate surface area is 157 Å². The monoisotopic (exact) mass is 370 g/mol. The largest absolute Gasteiger partial charge is 0.492 e. The first-order chi connectivity index (χ1) is 12.5. The fourth-order valence-corrected chi connectivity index (χ4v) is 4.23. The van der Waals surface area contributed by atoms with E-state index in [9.17, 15) is 10.1 Å². The van der Waals surface area contributed by atoms with Crippen molar-refractivity contribution < 1.29 is 9.53 Å².